The molecule has 0 bridgehead atoms. The molecule has 0 aliphatic carbocycles. The van der Waals surface area contributed by atoms with Gasteiger partial charge in [-0.15, -0.1) is 0 Å². The van der Waals surface area contributed by atoms with Gasteiger partial charge in [-0.1, -0.05) is 0 Å². The number of aliphatic carboxylic acids is 4. The van der Waals surface area contributed by atoms with Crippen molar-refractivity contribution in [2.45, 2.75) is 0 Å². The van der Waals surface area contributed by atoms with Crippen LogP contribution in [0.1, 0.15) is 0 Å². The topological polar surface area (TPSA) is 166 Å². The summed E-state index contributed by atoms with van der Waals surface area (Å²) in [5, 5.41) is 29.6. The second kappa shape index (κ2) is 11.4. The maximum absolute atomic E-state index is 9.10. The minimum absolute atomic E-state index is 0.700. The van der Waals surface area contributed by atoms with Gasteiger partial charge in [0.2, 0.25) is 0 Å². The summed E-state index contributed by atoms with van der Waals surface area (Å²) < 4.78 is 8.26. The Kier molecular flexibility index (Phi) is 14.8. The van der Waals surface area contributed by atoms with Gasteiger partial charge in [-0.25, -0.2) is 19.2 Å². The molecule has 0 amide bonds. The molecule has 4 N–H and O–H groups in total. The van der Waals surface area contributed by atoms with E-state index < -0.39 is 23.9 Å². The summed E-state index contributed by atoms with van der Waals surface area (Å²) in [6.45, 7) is 0. The van der Waals surface area contributed by atoms with Gasteiger partial charge in [-0.2, -0.15) is 0 Å². The van der Waals surface area contributed by atoms with Crippen LogP contribution in [0.4, 0.5) is 0 Å². The number of rotatable bonds is 0. The number of hydrogen-bond donors (Lipinski definition) is 4. The molecule has 0 aliphatic heterocycles. The molecule has 0 aromatic carbocycles. The summed E-state index contributed by atoms with van der Waals surface area (Å²) in [5.74, 6) is -7.30. The summed E-state index contributed by atoms with van der Waals surface area (Å²) in [6.07, 6.45) is 0. The van der Waals surface area contributed by atoms with E-state index in [4.69, 9.17) is 43.0 Å². The Morgan fingerprint density at radius 3 is 0.643 bits per heavy atom. The molecular weight excluding hydrogens is 288 g/mol. The normalized spacial score (nSPS) is 6.57. The molecule has 0 saturated carbocycles. The molecule has 0 saturated heterocycles. The molecule has 0 fully saturated rings. The fraction of sp³-hybridized carbons (Fsp3) is 0. The quantitative estimate of drug-likeness (QED) is 0.297. The molecule has 0 atom stereocenters. The molecule has 9 nitrogen and oxygen atoms in total. The van der Waals surface area contributed by atoms with Crippen molar-refractivity contribution in [3.05, 3.63) is 0 Å². The van der Waals surface area contributed by atoms with E-state index in [9.17, 15) is 0 Å². The summed E-state index contributed by atoms with van der Waals surface area (Å²) in [4.78, 5) is 36.4. The van der Waals surface area contributed by atoms with E-state index >= 15 is 0 Å². The average molecular weight is 292 g/mol. The van der Waals surface area contributed by atoms with Gasteiger partial charge in [-0.05, 0) is 0 Å². The first-order chi connectivity index (χ1) is 6.29. The summed E-state index contributed by atoms with van der Waals surface area (Å²) in [6, 6.07) is 0. The van der Waals surface area contributed by atoms with E-state index in [0.29, 0.717) is 19.8 Å². The van der Waals surface area contributed by atoms with E-state index in [-0.39, 0.29) is 0 Å². The minimum atomic E-state index is -1.82. The monoisotopic (exact) mass is 294 g/mol. The van der Waals surface area contributed by atoms with Crippen LogP contribution >= 0.6 is 0 Å². The van der Waals surface area contributed by atoms with Crippen molar-refractivity contribution >= 4 is 23.9 Å². The standard InChI is InChI=1S/2C2H2O4.Mo.O/c2*3-1(4)2(5)6;;/h2*(H,3,4)(H,5,6);;. The van der Waals surface area contributed by atoms with Crippen molar-refractivity contribution < 1.29 is 62.8 Å². The third-order valence-electron chi connectivity index (χ3n) is 0.366. The van der Waals surface area contributed by atoms with Crippen LogP contribution in [-0.4, -0.2) is 44.3 Å². The predicted octanol–water partition coefficient (Wildman–Crippen LogP) is -1.81. The van der Waals surface area contributed by atoms with E-state index in [1.54, 1.807) is 0 Å². The second-order valence-corrected chi connectivity index (χ2v) is 1.22. The molecule has 0 radical (unpaired) electrons. The van der Waals surface area contributed by atoms with Crippen LogP contribution in [-0.2, 0) is 42.4 Å². The molecule has 0 aliphatic rings. The zero-order chi connectivity index (χ0) is 12.3. The van der Waals surface area contributed by atoms with Crippen molar-refractivity contribution in [1.82, 2.24) is 0 Å². The van der Waals surface area contributed by atoms with Gasteiger partial charge in [0.05, 0.1) is 0 Å². The molecule has 0 aromatic rings. The van der Waals surface area contributed by atoms with Crippen molar-refractivity contribution in [1.29, 1.82) is 0 Å². The van der Waals surface area contributed by atoms with Crippen LogP contribution in [0.5, 0.6) is 0 Å². The molecule has 0 spiro atoms. The van der Waals surface area contributed by atoms with Gasteiger partial charge in [0.1, 0.15) is 0 Å². The second-order valence-electron chi connectivity index (χ2n) is 1.22. The fourth-order valence-corrected chi connectivity index (χ4v) is 0. The van der Waals surface area contributed by atoms with E-state index in [0.717, 1.165) is 0 Å². The van der Waals surface area contributed by atoms with Gasteiger partial charge < -0.3 is 20.4 Å². The van der Waals surface area contributed by atoms with Crippen LogP contribution in [0.3, 0.4) is 0 Å². The first-order valence-corrected chi connectivity index (χ1v) is 3.20. The Balaban J connectivity index is -0.000000147. The van der Waals surface area contributed by atoms with Crippen LogP contribution in [0.2, 0.25) is 0 Å². The Hall–Kier alpha value is -1.63. The summed E-state index contributed by atoms with van der Waals surface area (Å²) in [5.41, 5.74) is 0. The van der Waals surface area contributed by atoms with E-state index in [1.165, 1.54) is 0 Å². The Labute approximate surface area is 87.2 Å². The number of carbonyl (C=O) groups is 4. The zero-order valence-corrected chi connectivity index (χ0v) is 8.25. The SMILES string of the molecule is O=C(O)C(=O)O.O=C(O)C(=O)O.[O]=[Mo]. The van der Waals surface area contributed by atoms with Gasteiger partial charge in [0.25, 0.3) is 0 Å². The van der Waals surface area contributed by atoms with Crippen molar-refractivity contribution in [3.63, 3.8) is 0 Å². The molecule has 0 rings (SSSR count). The van der Waals surface area contributed by atoms with Crippen molar-refractivity contribution in [2.75, 3.05) is 0 Å². The summed E-state index contributed by atoms with van der Waals surface area (Å²) in [7, 11) is 0. The van der Waals surface area contributed by atoms with Crippen LogP contribution in [0.25, 0.3) is 0 Å². The number of hydrogen-bond acceptors (Lipinski definition) is 5. The van der Waals surface area contributed by atoms with Crippen molar-refractivity contribution in [2.24, 2.45) is 0 Å². The Bertz CT molecular complexity index is 185. The van der Waals surface area contributed by atoms with E-state index in [2.05, 4.69) is 0 Å². The molecule has 0 aromatic heterocycles. The molecule has 0 unspecified atom stereocenters. The fourth-order valence-electron chi connectivity index (χ4n) is 0. The van der Waals surface area contributed by atoms with Gasteiger partial charge >= 0.3 is 47.1 Å². The molecule has 0 heterocycles. The van der Waals surface area contributed by atoms with Crippen molar-refractivity contribution in [3.8, 4) is 0 Å². The molecule has 14 heavy (non-hydrogen) atoms. The van der Waals surface area contributed by atoms with Crippen LogP contribution in [0, 0.1) is 0 Å². The molecule has 80 valence electrons. The zero-order valence-electron chi connectivity index (χ0n) is 6.24. The number of carboxylic acids is 4. The maximum atomic E-state index is 9.10. The summed E-state index contributed by atoms with van der Waals surface area (Å²) >= 11 is 0.700. The first-order valence-electron chi connectivity index (χ1n) is 2.38. The van der Waals surface area contributed by atoms with Gasteiger partial charge in [-0.3, -0.25) is 0 Å². The third kappa shape index (κ3) is 22.4. The Morgan fingerprint density at radius 1 is 0.571 bits per heavy atom. The van der Waals surface area contributed by atoms with E-state index in [1.807, 2.05) is 0 Å². The molecule has 10 heteroatoms. The van der Waals surface area contributed by atoms with Gasteiger partial charge in [0, 0.05) is 0 Å². The van der Waals surface area contributed by atoms with Crippen LogP contribution < -0.4 is 0 Å². The predicted molar refractivity (Wildman–Crippen MR) is 31.2 cm³/mol. The Morgan fingerprint density at radius 2 is 0.643 bits per heavy atom. The van der Waals surface area contributed by atoms with Crippen LogP contribution in [0.15, 0.2) is 0 Å². The van der Waals surface area contributed by atoms with Gasteiger partial charge in [0.15, 0.2) is 0 Å². The third-order valence-corrected chi connectivity index (χ3v) is 0.366. The average Bonchev–Trinajstić information content (AvgIpc) is 2.08. The number of carboxylic acid groups (broad SMARTS) is 4. The first kappa shape index (κ1) is 18.2. The molecular formula is C4H4MoO9.